The Morgan fingerprint density at radius 2 is 2.39 bits per heavy atom. The number of ether oxygens (including phenoxy) is 1. The van der Waals surface area contributed by atoms with Gasteiger partial charge in [-0.2, -0.15) is 0 Å². The fraction of sp³-hybridized carbons (Fsp3) is 0.462. The molecule has 18 heavy (non-hydrogen) atoms. The number of nitrogens with zero attached hydrogens (tertiary/aromatic N) is 1. The van der Waals surface area contributed by atoms with Crippen LogP contribution in [0.25, 0.3) is 0 Å². The maximum absolute atomic E-state index is 11.9. The molecule has 1 fully saturated rings. The van der Waals surface area contributed by atoms with Crippen molar-refractivity contribution in [1.29, 1.82) is 0 Å². The zero-order chi connectivity index (χ0) is 13.0. The normalized spacial score (nSPS) is 19.7. The second kappa shape index (κ2) is 6.43. The van der Waals surface area contributed by atoms with Gasteiger partial charge >= 0.3 is 0 Å². The lowest BCUT2D eigenvalue weighted by molar-refractivity contribution is -0.134. The van der Waals surface area contributed by atoms with E-state index in [1.807, 2.05) is 4.90 Å². The SMILES string of the molecule is O=C(COc1cccc(Cl)c1)N1CCCC(Br)C1. The van der Waals surface area contributed by atoms with Gasteiger partial charge in [-0.25, -0.2) is 0 Å². The molecule has 98 valence electrons. The van der Waals surface area contributed by atoms with Gasteiger partial charge in [-0.15, -0.1) is 0 Å². The van der Waals surface area contributed by atoms with Gasteiger partial charge in [0.25, 0.3) is 5.91 Å². The first-order valence-corrected chi connectivity index (χ1v) is 7.25. The summed E-state index contributed by atoms with van der Waals surface area (Å²) in [6, 6.07) is 7.08. The smallest absolute Gasteiger partial charge is 0.260 e. The van der Waals surface area contributed by atoms with E-state index in [2.05, 4.69) is 15.9 Å². The average Bonchev–Trinajstić information content (AvgIpc) is 2.36. The van der Waals surface area contributed by atoms with Crippen LogP contribution in [0.5, 0.6) is 5.75 Å². The van der Waals surface area contributed by atoms with Gasteiger partial charge in [0.2, 0.25) is 0 Å². The van der Waals surface area contributed by atoms with Crippen molar-refractivity contribution in [3.63, 3.8) is 0 Å². The molecule has 1 aromatic rings. The Hall–Kier alpha value is -0.740. The van der Waals surface area contributed by atoms with Crippen LogP contribution >= 0.6 is 27.5 Å². The number of rotatable bonds is 3. The molecule has 5 heteroatoms. The maximum Gasteiger partial charge on any atom is 0.260 e. The minimum Gasteiger partial charge on any atom is -0.484 e. The van der Waals surface area contributed by atoms with Gasteiger partial charge in [0.15, 0.2) is 6.61 Å². The third-order valence-electron chi connectivity index (χ3n) is 2.87. The van der Waals surface area contributed by atoms with Gasteiger partial charge in [0, 0.05) is 22.9 Å². The van der Waals surface area contributed by atoms with Crippen molar-refractivity contribution in [1.82, 2.24) is 4.90 Å². The van der Waals surface area contributed by atoms with Crippen molar-refractivity contribution in [2.24, 2.45) is 0 Å². The summed E-state index contributed by atoms with van der Waals surface area (Å²) in [4.78, 5) is 14.2. The molecule has 1 heterocycles. The summed E-state index contributed by atoms with van der Waals surface area (Å²) in [6.45, 7) is 1.65. The van der Waals surface area contributed by atoms with Crippen LogP contribution < -0.4 is 4.74 Å². The van der Waals surface area contributed by atoms with E-state index < -0.39 is 0 Å². The first-order valence-electron chi connectivity index (χ1n) is 5.95. The van der Waals surface area contributed by atoms with E-state index in [0.29, 0.717) is 15.6 Å². The van der Waals surface area contributed by atoms with Gasteiger partial charge in [0.1, 0.15) is 5.75 Å². The summed E-state index contributed by atoms with van der Waals surface area (Å²) in [5.74, 6) is 0.655. The van der Waals surface area contributed by atoms with Gasteiger partial charge in [-0.05, 0) is 31.0 Å². The van der Waals surface area contributed by atoms with Gasteiger partial charge in [-0.3, -0.25) is 4.79 Å². The number of piperidine rings is 1. The lowest BCUT2D eigenvalue weighted by Gasteiger charge is -2.29. The number of carbonyl (C=O) groups is 1. The Morgan fingerprint density at radius 1 is 1.56 bits per heavy atom. The number of halogens is 2. The molecule has 0 spiro atoms. The average molecular weight is 333 g/mol. The highest BCUT2D eigenvalue weighted by molar-refractivity contribution is 9.09. The molecule has 1 aliphatic heterocycles. The van der Waals surface area contributed by atoms with E-state index in [9.17, 15) is 4.79 Å². The molecule has 0 radical (unpaired) electrons. The van der Waals surface area contributed by atoms with Crippen molar-refractivity contribution >= 4 is 33.4 Å². The Labute approximate surface area is 120 Å². The summed E-state index contributed by atoms with van der Waals surface area (Å²) in [5.41, 5.74) is 0. The van der Waals surface area contributed by atoms with Crippen LogP contribution in [0.2, 0.25) is 5.02 Å². The fourth-order valence-electron chi connectivity index (χ4n) is 1.95. The number of amides is 1. The lowest BCUT2D eigenvalue weighted by atomic mass is 10.1. The van der Waals surface area contributed by atoms with Gasteiger partial charge in [0.05, 0.1) is 0 Å². The second-order valence-electron chi connectivity index (χ2n) is 4.33. The summed E-state index contributed by atoms with van der Waals surface area (Å²) < 4.78 is 5.45. The standard InChI is InChI=1S/C13H15BrClNO2/c14-10-3-2-6-16(8-10)13(17)9-18-12-5-1-4-11(15)7-12/h1,4-5,7,10H,2-3,6,8-9H2. The van der Waals surface area contributed by atoms with Gasteiger partial charge < -0.3 is 9.64 Å². The molecule has 0 aromatic heterocycles. The molecule has 0 saturated carbocycles. The lowest BCUT2D eigenvalue weighted by Crippen LogP contribution is -2.42. The molecule has 0 N–H and O–H groups in total. The number of hydrogen-bond donors (Lipinski definition) is 0. The van der Waals surface area contributed by atoms with Crippen molar-refractivity contribution in [2.75, 3.05) is 19.7 Å². The summed E-state index contributed by atoms with van der Waals surface area (Å²) in [6.07, 6.45) is 2.16. The monoisotopic (exact) mass is 331 g/mol. The molecule has 1 atom stereocenters. The first kappa shape index (κ1) is 13.7. The third-order valence-corrected chi connectivity index (χ3v) is 3.86. The molecule has 0 bridgehead atoms. The van der Waals surface area contributed by atoms with Crippen LogP contribution in [0.15, 0.2) is 24.3 Å². The molecule has 1 saturated heterocycles. The summed E-state index contributed by atoms with van der Waals surface area (Å²) in [7, 11) is 0. The Morgan fingerprint density at radius 3 is 3.11 bits per heavy atom. The molecular weight excluding hydrogens is 318 g/mol. The predicted molar refractivity (Wildman–Crippen MR) is 75.5 cm³/mol. The number of carbonyl (C=O) groups excluding carboxylic acids is 1. The minimum atomic E-state index is 0.0270. The number of benzene rings is 1. The quantitative estimate of drug-likeness (QED) is 0.796. The van der Waals surface area contributed by atoms with Crippen molar-refractivity contribution in [2.45, 2.75) is 17.7 Å². The number of likely N-dealkylation sites (tertiary alicyclic amines) is 1. The molecular formula is C13H15BrClNO2. The number of alkyl halides is 1. The van der Waals surface area contributed by atoms with Crippen molar-refractivity contribution in [3.8, 4) is 5.75 Å². The third kappa shape index (κ3) is 3.89. The van der Waals surface area contributed by atoms with Crippen molar-refractivity contribution in [3.05, 3.63) is 29.3 Å². The molecule has 0 aliphatic carbocycles. The topological polar surface area (TPSA) is 29.5 Å². The minimum absolute atomic E-state index is 0.0270. The molecule has 1 aliphatic rings. The summed E-state index contributed by atoms with van der Waals surface area (Å²) in [5, 5.41) is 0.610. The highest BCUT2D eigenvalue weighted by atomic mass is 79.9. The van der Waals surface area contributed by atoms with E-state index in [1.165, 1.54) is 0 Å². The zero-order valence-corrected chi connectivity index (χ0v) is 12.3. The first-order chi connectivity index (χ1) is 8.65. The van der Waals surface area contributed by atoms with Crippen LogP contribution in [0.1, 0.15) is 12.8 Å². The van der Waals surface area contributed by atoms with E-state index in [1.54, 1.807) is 24.3 Å². The van der Waals surface area contributed by atoms with Crippen LogP contribution in [0.3, 0.4) is 0 Å². The maximum atomic E-state index is 11.9. The van der Waals surface area contributed by atoms with Gasteiger partial charge in [-0.1, -0.05) is 33.6 Å². The van der Waals surface area contributed by atoms with Crippen LogP contribution in [0, 0.1) is 0 Å². The van der Waals surface area contributed by atoms with Crippen LogP contribution in [-0.2, 0) is 4.79 Å². The molecule has 1 unspecified atom stereocenters. The highest BCUT2D eigenvalue weighted by Gasteiger charge is 2.21. The molecule has 2 rings (SSSR count). The largest absolute Gasteiger partial charge is 0.484 e. The number of hydrogen-bond acceptors (Lipinski definition) is 2. The van der Waals surface area contributed by atoms with E-state index in [0.717, 1.165) is 25.9 Å². The van der Waals surface area contributed by atoms with Crippen LogP contribution in [-0.4, -0.2) is 35.3 Å². The Bertz CT molecular complexity index is 427. The van der Waals surface area contributed by atoms with E-state index >= 15 is 0 Å². The molecule has 1 aromatic carbocycles. The fourth-order valence-corrected chi connectivity index (χ4v) is 2.80. The Balaban J connectivity index is 1.84. The Kier molecular flexibility index (Phi) is 4.89. The van der Waals surface area contributed by atoms with Crippen molar-refractivity contribution < 1.29 is 9.53 Å². The predicted octanol–water partition coefficient (Wildman–Crippen LogP) is 3.10. The molecule has 3 nitrogen and oxygen atoms in total. The molecule has 1 amide bonds. The van der Waals surface area contributed by atoms with E-state index in [-0.39, 0.29) is 12.5 Å². The van der Waals surface area contributed by atoms with Crippen LogP contribution in [0.4, 0.5) is 0 Å². The highest BCUT2D eigenvalue weighted by Crippen LogP contribution is 2.19. The zero-order valence-electron chi connectivity index (χ0n) is 9.94. The van der Waals surface area contributed by atoms with E-state index in [4.69, 9.17) is 16.3 Å². The summed E-state index contributed by atoms with van der Waals surface area (Å²) >= 11 is 9.40. The second-order valence-corrected chi connectivity index (χ2v) is 6.06.